The van der Waals surface area contributed by atoms with Gasteiger partial charge in [0.25, 0.3) is 5.41 Å². The van der Waals surface area contributed by atoms with Crippen LogP contribution in [-0.4, -0.2) is 50.5 Å². The average Bonchev–Trinajstić information content (AvgIpc) is 2.61. The van der Waals surface area contributed by atoms with Crippen LogP contribution in [0.5, 0.6) is 0 Å². The standard InChI is InChI=1S/C16H6F6O8/c17-3-1-2(7(18)6(13(25)26)5(3)12(23)24)4-8(19)10(21)16(14(27)28,15(29)30)11(22)9(4)20/h1,10H,(H,23,24)(H,25,26)(H,27,28)(H,29,30). The molecule has 0 amide bonds. The largest absolute Gasteiger partial charge is 0.480 e. The predicted molar refractivity (Wildman–Crippen MR) is 80.1 cm³/mol. The summed E-state index contributed by atoms with van der Waals surface area (Å²) in [6.45, 7) is 0. The van der Waals surface area contributed by atoms with E-state index >= 15 is 0 Å². The van der Waals surface area contributed by atoms with Gasteiger partial charge in [-0.3, -0.25) is 9.59 Å². The lowest BCUT2D eigenvalue weighted by atomic mass is 9.75. The Kier molecular flexibility index (Phi) is 5.39. The first-order valence-electron chi connectivity index (χ1n) is 7.28. The van der Waals surface area contributed by atoms with Gasteiger partial charge >= 0.3 is 23.9 Å². The lowest BCUT2D eigenvalue weighted by molar-refractivity contribution is -0.167. The van der Waals surface area contributed by atoms with Gasteiger partial charge in [-0.25, -0.2) is 35.9 Å². The van der Waals surface area contributed by atoms with Crippen molar-refractivity contribution in [3.63, 3.8) is 0 Å². The van der Waals surface area contributed by atoms with Crippen molar-refractivity contribution < 1.29 is 65.9 Å². The Morgan fingerprint density at radius 1 is 0.833 bits per heavy atom. The van der Waals surface area contributed by atoms with Crippen LogP contribution in [0.4, 0.5) is 26.3 Å². The zero-order valence-electron chi connectivity index (χ0n) is 13.8. The number of hydrogen-bond acceptors (Lipinski definition) is 4. The number of alkyl halides is 1. The molecular weight excluding hydrogens is 434 g/mol. The summed E-state index contributed by atoms with van der Waals surface area (Å²) in [6, 6.07) is -0.297. The maximum atomic E-state index is 14.5. The van der Waals surface area contributed by atoms with Gasteiger partial charge in [-0.15, -0.1) is 0 Å². The van der Waals surface area contributed by atoms with Crippen LogP contribution < -0.4 is 0 Å². The number of hydrogen-bond donors (Lipinski definition) is 4. The van der Waals surface area contributed by atoms with Gasteiger partial charge in [0.1, 0.15) is 28.6 Å². The van der Waals surface area contributed by atoms with E-state index < -0.39 is 86.8 Å². The number of allylic oxidation sites excluding steroid dienone is 3. The maximum absolute atomic E-state index is 14.5. The first-order chi connectivity index (χ1) is 13.7. The van der Waals surface area contributed by atoms with Gasteiger partial charge in [-0.1, -0.05) is 0 Å². The minimum absolute atomic E-state index is 0.297. The van der Waals surface area contributed by atoms with Gasteiger partial charge in [-0.05, 0) is 6.07 Å². The van der Waals surface area contributed by atoms with E-state index in [1.807, 2.05) is 0 Å². The van der Waals surface area contributed by atoms with E-state index in [-0.39, 0.29) is 6.07 Å². The molecule has 1 aliphatic carbocycles. The second kappa shape index (κ2) is 7.20. The summed E-state index contributed by atoms with van der Waals surface area (Å²) < 4.78 is 86.2. The van der Waals surface area contributed by atoms with Crippen LogP contribution in [0.1, 0.15) is 26.3 Å². The van der Waals surface area contributed by atoms with Crippen LogP contribution in [0.3, 0.4) is 0 Å². The molecule has 0 fully saturated rings. The van der Waals surface area contributed by atoms with Gasteiger partial charge < -0.3 is 20.4 Å². The van der Waals surface area contributed by atoms with Gasteiger partial charge in [0.15, 0.2) is 17.8 Å². The zero-order chi connectivity index (χ0) is 23.3. The van der Waals surface area contributed by atoms with E-state index in [0.29, 0.717) is 0 Å². The minimum atomic E-state index is -4.44. The van der Waals surface area contributed by atoms with Crippen molar-refractivity contribution in [2.24, 2.45) is 5.41 Å². The number of carboxylic acids is 4. The quantitative estimate of drug-likeness (QED) is 0.403. The molecule has 14 heteroatoms. The number of carboxylic acid groups (broad SMARTS) is 4. The Hall–Kier alpha value is -3.84. The molecule has 0 radical (unpaired) electrons. The first kappa shape index (κ1) is 22.4. The zero-order valence-corrected chi connectivity index (χ0v) is 13.8. The topological polar surface area (TPSA) is 149 Å². The van der Waals surface area contributed by atoms with Gasteiger partial charge in [0, 0.05) is 5.56 Å². The third kappa shape index (κ3) is 2.79. The molecule has 0 bridgehead atoms. The molecule has 0 saturated carbocycles. The summed E-state index contributed by atoms with van der Waals surface area (Å²) in [4.78, 5) is 44.3. The van der Waals surface area contributed by atoms with Crippen LogP contribution in [-0.2, 0) is 9.59 Å². The van der Waals surface area contributed by atoms with E-state index in [0.717, 1.165) is 0 Å². The fraction of sp³-hybridized carbons (Fsp3) is 0.125. The lowest BCUT2D eigenvalue weighted by Crippen LogP contribution is -2.50. The molecule has 1 aromatic carbocycles. The first-order valence-corrected chi connectivity index (χ1v) is 7.28. The van der Waals surface area contributed by atoms with Crippen LogP contribution in [0, 0.1) is 17.0 Å². The third-order valence-corrected chi connectivity index (χ3v) is 4.19. The summed E-state index contributed by atoms with van der Waals surface area (Å²) in [5.41, 5.74) is -12.2. The molecule has 160 valence electrons. The number of aliphatic carboxylic acids is 2. The Labute approximate surface area is 160 Å². The molecule has 4 N–H and O–H groups in total. The van der Waals surface area contributed by atoms with Crippen LogP contribution >= 0.6 is 0 Å². The molecule has 0 saturated heterocycles. The summed E-state index contributed by atoms with van der Waals surface area (Å²) in [6.07, 6.45) is -3.99. The molecule has 1 atom stereocenters. The van der Waals surface area contributed by atoms with Crippen LogP contribution in [0.15, 0.2) is 23.5 Å². The molecule has 30 heavy (non-hydrogen) atoms. The number of carbonyl (C=O) groups is 4. The Balaban J connectivity index is 2.99. The fourth-order valence-corrected chi connectivity index (χ4v) is 2.78. The van der Waals surface area contributed by atoms with Gasteiger partial charge in [-0.2, -0.15) is 0 Å². The molecule has 0 heterocycles. The van der Waals surface area contributed by atoms with E-state index in [9.17, 15) is 45.5 Å². The summed E-state index contributed by atoms with van der Waals surface area (Å²) in [5.74, 6) is -23.3. The minimum Gasteiger partial charge on any atom is -0.480 e. The van der Waals surface area contributed by atoms with E-state index in [1.165, 1.54) is 0 Å². The number of aromatic carboxylic acids is 2. The highest BCUT2D eigenvalue weighted by atomic mass is 19.2. The second-order valence-electron chi connectivity index (χ2n) is 5.71. The maximum Gasteiger partial charge on any atom is 0.339 e. The molecule has 2 rings (SSSR count). The summed E-state index contributed by atoms with van der Waals surface area (Å²) in [7, 11) is 0. The molecule has 0 aliphatic heterocycles. The highest BCUT2D eigenvalue weighted by Crippen LogP contribution is 2.51. The summed E-state index contributed by atoms with van der Waals surface area (Å²) in [5, 5.41) is 35.5. The summed E-state index contributed by atoms with van der Waals surface area (Å²) >= 11 is 0. The van der Waals surface area contributed by atoms with Gasteiger partial charge in [0.05, 0.1) is 5.57 Å². The molecule has 0 spiro atoms. The number of benzene rings is 1. The molecule has 0 aromatic heterocycles. The SMILES string of the molecule is O=C(O)c1c(F)cc(C2=C(F)C(F)C(C(=O)O)(C(=O)O)C(F)=C2F)c(F)c1C(=O)O. The van der Waals surface area contributed by atoms with Crippen LogP contribution in [0.25, 0.3) is 5.57 Å². The molecule has 1 aliphatic rings. The second-order valence-corrected chi connectivity index (χ2v) is 5.71. The third-order valence-electron chi connectivity index (χ3n) is 4.19. The van der Waals surface area contributed by atoms with Crippen molar-refractivity contribution in [3.8, 4) is 0 Å². The van der Waals surface area contributed by atoms with Gasteiger partial charge in [0.2, 0.25) is 0 Å². The highest BCUT2D eigenvalue weighted by Gasteiger charge is 2.64. The Morgan fingerprint density at radius 3 is 1.70 bits per heavy atom. The lowest BCUT2D eigenvalue weighted by Gasteiger charge is -2.31. The normalized spacial score (nSPS) is 18.4. The van der Waals surface area contributed by atoms with E-state index in [1.54, 1.807) is 0 Å². The highest BCUT2D eigenvalue weighted by molar-refractivity contribution is 6.06. The Bertz CT molecular complexity index is 1080. The molecule has 1 unspecified atom stereocenters. The Morgan fingerprint density at radius 2 is 1.30 bits per heavy atom. The number of halogens is 6. The monoisotopic (exact) mass is 440 g/mol. The van der Waals surface area contributed by atoms with Crippen LogP contribution in [0.2, 0.25) is 0 Å². The molecule has 1 aromatic rings. The van der Waals surface area contributed by atoms with Crippen molar-refractivity contribution in [3.05, 3.63) is 51.9 Å². The van der Waals surface area contributed by atoms with Crippen molar-refractivity contribution >= 4 is 29.5 Å². The van der Waals surface area contributed by atoms with Crippen molar-refractivity contribution in [2.75, 3.05) is 0 Å². The van der Waals surface area contributed by atoms with Crippen molar-refractivity contribution in [2.45, 2.75) is 6.17 Å². The fourth-order valence-electron chi connectivity index (χ4n) is 2.78. The van der Waals surface area contributed by atoms with Crippen molar-refractivity contribution in [1.82, 2.24) is 0 Å². The smallest absolute Gasteiger partial charge is 0.339 e. The van der Waals surface area contributed by atoms with E-state index in [4.69, 9.17) is 20.4 Å². The molecular formula is C16H6F6O8. The average molecular weight is 440 g/mol. The van der Waals surface area contributed by atoms with E-state index in [2.05, 4.69) is 0 Å². The predicted octanol–water partition coefficient (Wildman–Crippen LogP) is 2.70. The number of rotatable bonds is 5. The molecule has 8 nitrogen and oxygen atoms in total. The van der Waals surface area contributed by atoms with Crippen molar-refractivity contribution in [1.29, 1.82) is 0 Å².